The molecule has 0 aliphatic carbocycles. The second-order valence-corrected chi connectivity index (χ2v) is 7.66. The lowest BCUT2D eigenvalue weighted by Gasteiger charge is -2.22. The van der Waals surface area contributed by atoms with Crippen LogP contribution in [0.3, 0.4) is 0 Å². The van der Waals surface area contributed by atoms with Crippen molar-refractivity contribution in [3.8, 4) is 0 Å². The van der Waals surface area contributed by atoms with E-state index in [-0.39, 0.29) is 17.4 Å². The van der Waals surface area contributed by atoms with Gasteiger partial charge in [-0.3, -0.25) is 4.79 Å². The molecular formula is C11H18N2O4S2. The van der Waals surface area contributed by atoms with Gasteiger partial charge in [0.2, 0.25) is 10.0 Å². The molecule has 1 aromatic heterocycles. The van der Waals surface area contributed by atoms with E-state index in [1.54, 1.807) is 20.8 Å². The van der Waals surface area contributed by atoms with Crippen molar-refractivity contribution in [2.24, 2.45) is 0 Å². The Bertz CT molecular complexity index is 576. The third kappa shape index (κ3) is 3.75. The Morgan fingerprint density at radius 1 is 1.47 bits per heavy atom. The van der Waals surface area contributed by atoms with Crippen molar-refractivity contribution in [3.63, 3.8) is 0 Å². The summed E-state index contributed by atoms with van der Waals surface area (Å²) in [7, 11) is -2.28. The van der Waals surface area contributed by atoms with Crippen LogP contribution in [0.4, 0.5) is 0 Å². The molecule has 0 unspecified atom stereocenters. The minimum atomic E-state index is -3.76. The molecule has 1 aromatic rings. The van der Waals surface area contributed by atoms with E-state index in [1.165, 1.54) is 13.1 Å². The smallest absolute Gasteiger partial charge is 0.261 e. The van der Waals surface area contributed by atoms with Crippen LogP contribution in [0.5, 0.6) is 0 Å². The summed E-state index contributed by atoms with van der Waals surface area (Å²) < 4.78 is 26.8. The summed E-state index contributed by atoms with van der Waals surface area (Å²) >= 11 is 1.11. The molecule has 1 heterocycles. The maximum Gasteiger partial charge on any atom is 0.261 e. The minimum Gasteiger partial charge on any atom is -0.394 e. The number of sulfonamides is 1. The molecule has 0 aromatic carbocycles. The van der Waals surface area contributed by atoms with Crippen molar-refractivity contribution < 1.29 is 18.3 Å². The molecule has 0 fully saturated rings. The second kappa shape index (κ2) is 5.58. The zero-order valence-corrected chi connectivity index (χ0v) is 12.9. The minimum absolute atomic E-state index is 0.0672. The lowest BCUT2D eigenvalue weighted by Crippen LogP contribution is -2.46. The van der Waals surface area contributed by atoms with Gasteiger partial charge in [0.15, 0.2) is 0 Å². The number of aliphatic hydroxyl groups excluding tert-OH is 1. The van der Waals surface area contributed by atoms with Gasteiger partial charge in [-0.05, 0) is 26.8 Å². The second-order valence-electron chi connectivity index (χ2n) is 4.76. The Balaban J connectivity index is 3.16. The van der Waals surface area contributed by atoms with Gasteiger partial charge in [0, 0.05) is 11.9 Å². The third-order valence-corrected chi connectivity index (χ3v) is 5.42. The molecule has 0 atom stereocenters. The Morgan fingerprint density at radius 3 is 2.53 bits per heavy atom. The Labute approximate surface area is 116 Å². The van der Waals surface area contributed by atoms with E-state index in [4.69, 9.17) is 5.11 Å². The van der Waals surface area contributed by atoms with E-state index in [2.05, 4.69) is 10.0 Å². The molecule has 0 saturated heterocycles. The molecule has 0 aliphatic rings. The van der Waals surface area contributed by atoms with Gasteiger partial charge in [-0.25, -0.2) is 13.1 Å². The van der Waals surface area contributed by atoms with E-state index >= 15 is 0 Å². The molecule has 0 bridgehead atoms. The predicted molar refractivity (Wildman–Crippen MR) is 73.9 cm³/mol. The number of thiophene rings is 1. The standard InChI is InChI=1S/C11H18N2O4S2/c1-7-9(5-8(18-7)10(15)12-4)19(16,17)13-11(2,3)6-14/h5,13-14H,6H2,1-4H3,(H,12,15). The summed E-state index contributed by atoms with van der Waals surface area (Å²) in [5.74, 6) is -0.323. The van der Waals surface area contributed by atoms with Gasteiger partial charge in [0.25, 0.3) is 5.91 Å². The Hall–Kier alpha value is -0.960. The number of aliphatic hydroxyl groups is 1. The van der Waals surface area contributed by atoms with E-state index in [1.807, 2.05) is 0 Å². The van der Waals surface area contributed by atoms with Crippen molar-refractivity contribution in [3.05, 3.63) is 15.8 Å². The topological polar surface area (TPSA) is 95.5 Å². The lowest BCUT2D eigenvalue weighted by molar-refractivity contribution is 0.0967. The first-order valence-electron chi connectivity index (χ1n) is 5.60. The van der Waals surface area contributed by atoms with Crippen molar-refractivity contribution in [2.45, 2.75) is 31.2 Å². The van der Waals surface area contributed by atoms with Gasteiger partial charge in [0.1, 0.15) is 0 Å². The summed E-state index contributed by atoms with van der Waals surface area (Å²) in [5.41, 5.74) is -0.958. The number of amides is 1. The van der Waals surface area contributed by atoms with Crippen LogP contribution >= 0.6 is 11.3 Å². The fourth-order valence-corrected chi connectivity index (χ4v) is 4.36. The highest BCUT2D eigenvalue weighted by molar-refractivity contribution is 7.89. The van der Waals surface area contributed by atoms with Gasteiger partial charge in [0.05, 0.1) is 21.9 Å². The SMILES string of the molecule is CNC(=O)c1cc(S(=O)(=O)NC(C)(C)CO)c(C)s1. The van der Waals surface area contributed by atoms with Crippen LogP contribution in [-0.2, 0) is 10.0 Å². The molecule has 8 heteroatoms. The molecule has 3 N–H and O–H groups in total. The molecule has 6 nitrogen and oxygen atoms in total. The molecule has 0 aliphatic heterocycles. The predicted octanol–water partition coefficient (Wildman–Crippen LogP) is 0.465. The van der Waals surface area contributed by atoms with Gasteiger partial charge in [-0.1, -0.05) is 0 Å². The van der Waals surface area contributed by atoms with Gasteiger partial charge < -0.3 is 10.4 Å². The van der Waals surface area contributed by atoms with Crippen LogP contribution < -0.4 is 10.0 Å². The lowest BCUT2D eigenvalue weighted by atomic mass is 10.1. The number of hydrogen-bond acceptors (Lipinski definition) is 5. The Morgan fingerprint density at radius 2 is 2.05 bits per heavy atom. The van der Waals surface area contributed by atoms with Crippen molar-refractivity contribution in [2.75, 3.05) is 13.7 Å². The highest BCUT2D eigenvalue weighted by atomic mass is 32.2. The summed E-state index contributed by atoms with van der Waals surface area (Å²) in [6.45, 7) is 4.47. The van der Waals surface area contributed by atoms with Crippen LogP contribution in [0.1, 0.15) is 28.4 Å². The first-order chi connectivity index (χ1) is 8.63. The average molecular weight is 306 g/mol. The molecule has 19 heavy (non-hydrogen) atoms. The zero-order valence-electron chi connectivity index (χ0n) is 11.3. The van der Waals surface area contributed by atoms with Gasteiger partial charge >= 0.3 is 0 Å². The summed E-state index contributed by atoms with van der Waals surface area (Å²) in [4.78, 5) is 12.4. The van der Waals surface area contributed by atoms with E-state index in [9.17, 15) is 13.2 Å². The molecular weight excluding hydrogens is 288 g/mol. The average Bonchev–Trinajstić information content (AvgIpc) is 2.70. The highest BCUT2D eigenvalue weighted by Crippen LogP contribution is 2.26. The number of carbonyl (C=O) groups is 1. The first-order valence-corrected chi connectivity index (χ1v) is 7.90. The number of hydrogen-bond donors (Lipinski definition) is 3. The van der Waals surface area contributed by atoms with Crippen LogP contribution in [0.25, 0.3) is 0 Å². The number of aryl methyl sites for hydroxylation is 1. The van der Waals surface area contributed by atoms with E-state index in [0.717, 1.165) is 11.3 Å². The number of nitrogens with one attached hydrogen (secondary N) is 2. The molecule has 0 radical (unpaired) electrons. The van der Waals surface area contributed by atoms with Gasteiger partial charge in [-0.15, -0.1) is 11.3 Å². The summed E-state index contributed by atoms with van der Waals surface area (Å²) in [6, 6.07) is 1.34. The Kier molecular flexibility index (Phi) is 4.72. The first kappa shape index (κ1) is 16.1. The molecule has 1 amide bonds. The van der Waals surface area contributed by atoms with Crippen LogP contribution in [0, 0.1) is 6.92 Å². The van der Waals surface area contributed by atoms with E-state index in [0.29, 0.717) is 9.75 Å². The van der Waals surface area contributed by atoms with Crippen molar-refractivity contribution in [1.29, 1.82) is 0 Å². The summed E-state index contributed by atoms with van der Waals surface area (Å²) in [6.07, 6.45) is 0. The molecule has 1 rings (SSSR count). The zero-order chi connectivity index (χ0) is 14.8. The van der Waals surface area contributed by atoms with Crippen molar-refractivity contribution in [1.82, 2.24) is 10.0 Å². The molecule has 0 saturated carbocycles. The maximum absolute atomic E-state index is 12.2. The van der Waals surface area contributed by atoms with E-state index < -0.39 is 15.6 Å². The number of carbonyl (C=O) groups excluding carboxylic acids is 1. The normalized spacial score (nSPS) is 12.5. The van der Waals surface area contributed by atoms with Crippen LogP contribution in [-0.4, -0.2) is 38.6 Å². The summed E-state index contributed by atoms with van der Waals surface area (Å²) in [5, 5.41) is 11.6. The van der Waals surface area contributed by atoms with Crippen LogP contribution in [0.15, 0.2) is 11.0 Å². The fraction of sp³-hybridized carbons (Fsp3) is 0.545. The largest absolute Gasteiger partial charge is 0.394 e. The highest BCUT2D eigenvalue weighted by Gasteiger charge is 2.28. The molecule has 108 valence electrons. The van der Waals surface area contributed by atoms with Crippen LogP contribution in [0.2, 0.25) is 0 Å². The fourth-order valence-electron chi connectivity index (χ4n) is 1.42. The monoisotopic (exact) mass is 306 g/mol. The maximum atomic E-state index is 12.2. The van der Waals surface area contributed by atoms with Gasteiger partial charge in [-0.2, -0.15) is 0 Å². The molecule has 0 spiro atoms. The number of rotatable bonds is 5. The quantitative estimate of drug-likeness (QED) is 0.736. The third-order valence-electron chi connectivity index (χ3n) is 2.42. The van der Waals surface area contributed by atoms with Crippen molar-refractivity contribution >= 4 is 27.3 Å².